The van der Waals surface area contributed by atoms with Gasteiger partial charge in [-0.3, -0.25) is 0 Å². The summed E-state index contributed by atoms with van der Waals surface area (Å²) < 4.78 is 25.9. The van der Waals surface area contributed by atoms with Crippen LogP contribution in [0.25, 0.3) is 0 Å². The van der Waals surface area contributed by atoms with E-state index >= 15 is 0 Å². The van der Waals surface area contributed by atoms with Gasteiger partial charge in [0.15, 0.2) is 0 Å². The van der Waals surface area contributed by atoms with E-state index in [0.717, 1.165) is 11.8 Å². The molecule has 0 aliphatic rings. The summed E-state index contributed by atoms with van der Waals surface area (Å²) in [7, 11) is 0. The molecule has 84 valence electrons. The van der Waals surface area contributed by atoms with E-state index < -0.39 is 11.6 Å². The molecule has 2 aromatic rings. The minimum atomic E-state index is -0.583. The van der Waals surface area contributed by atoms with E-state index in [9.17, 15) is 8.78 Å². The van der Waals surface area contributed by atoms with Gasteiger partial charge in [0.1, 0.15) is 11.6 Å². The Kier molecular flexibility index (Phi) is 3.26. The first-order valence-electron chi connectivity index (χ1n) is 4.74. The first-order valence-corrected chi connectivity index (χ1v) is 5.68. The minimum Gasteiger partial charge on any atom is -0.322 e. The van der Waals surface area contributed by atoms with Crippen molar-refractivity contribution in [2.75, 3.05) is 0 Å². The zero-order valence-electron chi connectivity index (χ0n) is 8.36. The summed E-state index contributed by atoms with van der Waals surface area (Å²) in [5, 5.41) is 1.83. The molecule has 0 spiro atoms. The van der Waals surface area contributed by atoms with Crippen molar-refractivity contribution in [3.8, 4) is 0 Å². The van der Waals surface area contributed by atoms with Crippen LogP contribution in [-0.2, 0) is 6.42 Å². The highest BCUT2D eigenvalue weighted by Gasteiger charge is 2.10. The highest BCUT2D eigenvalue weighted by Crippen LogP contribution is 2.17. The Labute approximate surface area is 95.7 Å². The summed E-state index contributed by atoms with van der Waals surface area (Å²) in [6.45, 7) is 0. The highest BCUT2D eigenvalue weighted by molar-refractivity contribution is 7.07. The van der Waals surface area contributed by atoms with Crippen LogP contribution in [0.5, 0.6) is 0 Å². The third-order valence-electron chi connectivity index (χ3n) is 2.21. The smallest absolute Gasteiger partial charge is 0.126 e. The van der Waals surface area contributed by atoms with Crippen molar-refractivity contribution < 1.29 is 8.78 Å². The second kappa shape index (κ2) is 4.67. The zero-order valence-corrected chi connectivity index (χ0v) is 9.18. The van der Waals surface area contributed by atoms with E-state index in [4.69, 9.17) is 5.73 Å². The largest absolute Gasteiger partial charge is 0.322 e. The molecule has 0 saturated carbocycles. The fourth-order valence-corrected chi connectivity index (χ4v) is 2.11. The Morgan fingerprint density at radius 3 is 2.50 bits per heavy atom. The zero-order chi connectivity index (χ0) is 11.5. The molecule has 2 nitrogen and oxygen atoms in total. The molecule has 0 bridgehead atoms. The summed E-state index contributed by atoms with van der Waals surface area (Å²) in [6.07, 6.45) is 0.373. The summed E-state index contributed by atoms with van der Waals surface area (Å²) in [5.74, 6) is -1.17. The fourth-order valence-electron chi connectivity index (χ4n) is 1.49. The lowest BCUT2D eigenvalue weighted by Gasteiger charge is -2.08. The number of hydrogen-bond donors (Lipinski definition) is 1. The number of thiazole rings is 1. The molecule has 5 heteroatoms. The maximum Gasteiger partial charge on any atom is 0.126 e. The maximum atomic E-state index is 12.9. The molecule has 16 heavy (non-hydrogen) atoms. The first-order chi connectivity index (χ1) is 7.65. The van der Waals surface area contributed by atoms with Crippen LogP contribution in [0.1, 0.15) is 17.3 Å². The number of nitrogens with zero attached hydrogens (tertiary/aromatic N) is 1. The Bertz CT molecular complexity index is 451. The second-order valence-corrected chi connectivity index (χ2v) is 4.22. The number of halogens is 2. The Morgan fingerprint density at radius 1 is 1.25 bits per heavy atom. The predicted molar refractivity (Wildman–Crippen MR) is 59.1 cm³/mol. The molecular formula is C11H10F2N2S. The average molecular weight is 240 g/mol. The van der Waals surface area contributed by atoms with Gasteiger partial charge >= 0.3 is 0 Å². The summed E-state index contributed by atoms with van der Waals surface area (Å²) in [4.78, 5) is 4.06. The van der Waals surface area contributed by atoms with Gasteiger partial charge in [0, 0.05) is 11.4 Å². The Hall–Kier alpha value is -1.33. The van der Waals surface area contributed by atoms with Crippen molar-refractivity contribution in [3.63, 3.8) is 0 Å². The van der Waals surface area contributed by atoms with Gasteiger partial charge in [-0.25, -0.2) is 13.8 Å². The highest BCUT2D eigenvalue weighted by atomic mass is 32.1. The van der Waals surface area contributed by atoms with Crippen molar-refractivity contribution in [3.05, 3.63) is 52.0 Å². The van der Waals surface area contributed by atoms with E-state index in [2.05, 4.69) is 4.98 Å². The minimum absolute atomic E-state index is 0.326. The van der Waals surface area contributed by atoms with Gasteiger partial charge < -0.3 is 5.73 Å². The molecule has 0 fully saturated rings. The first kappa shape index (κ1) is 11.2. The third kappa shape index (κ3) is 2.62. The molecule has 1 unspecified atom stereocenters. The average Bonchev–Trinajstić information content (AvgIpc) is 2.68. The number of rotatable bonds is 3. The van der Waals surface area contributed by atoms with Gasteiger partial charge in [0.05, 0.1) is 17.2 Å². The van der Waals surface area contributed by atoms with Crippen LogP contribution in [0.3, 0.4) is 0 Å². The molecule has 0 aliphatic carbocycles. The van der Waals surface area contributed by atoms with Crippen molar-refractivity contribution >= 4 is 11.3 Å². The Balaban J connectivity index is 2.15. The van der Waals surface area contributed by atoms with Crippen LogP contribution in [0.15, 0.2) is 29.1 Å². The molecular weight excluding hydrogens is 230 g/mol. The molecule has 0 radical (unpaired) electrons. The predicted octanol–water partition coefficient (Wildman–Crippen LogP) is 2.66. The summed E-state index contributed by atoms with van der Waals surface area (Å²) in [6, 6.07) is 3.09. The van der Waals surface area contributed by atoms with Gasteiger partial charge in [-0.15, -0.1) is 11.3 Å². The quantitative estimate of drug-likeness (QED) is 0.895. The van der Waals surface area contributed by atoms with Gasteiger partial charge in [-0.05, 0) is 24.1 Å². The van der Waals surface area contributed by atoms with Crippen LogP contribution in [0.4, 0.5) is 8.78 Å². The number of aromatic nitrogens is 1. The molecule has 1 atom stereocenters. The van der Waals surface area contributed by atoms with Crippen molar-refractivity contribution in [2.24, 2.45) is 5.73 Å². The molecule has 0 amide bonds. The molecule has 0 saturated heterocycles. The lowest BCUT2D eigenvalue weighted by molar-refractivity contribution is 0.576. The molecule has 2 N–H and O–H groups in total. The van der Waals surface area contributed by atoms with Crippen LogP contribution in [0.2, 0.25) is 0 Å². The van der Waals surface area contributed by atoms with E-state index in [1.54, 1.807) is 5.51 Å². The van der Waals surface area contributed by atoms with E-state index in [0.29, 0.717) is 12.0 Å². The molecule has 0 aliphatic heterocycles. The second-order valence-electron chi connectivity index (χ2n) is 3.50. The van der Waals surface area contributed by atoms with Crippen molar-refractivity contribution in [1.82, 2.24) is 4.98 Å². The van der Waals surface area contributed by atoms with E-state index in [1.165, 1.54) is 23.5 Å². The standard InChI is InChI=1S/C11H10F2N2S/c12-8-1-7(2-9(13)4-8)3-10(14)11-5-16-6-15-11/h1-2,4-6,10H,3,14H2. The fraction of sp³-hybridized carbons (Fsp3) is 0.182. The molecule has 1 aromatic carbocycles. The summed E-state index contributed by atoms with van der Waals surface area (Å²) >= 11 is 1.45. The van der Waals surface area contributed by atoms with Gasteiger partial charge in [0.25, 0.3) is 0 Å². The van der Waals surface area contributed by atoms with Crippen LogP contribution in [0, 0.1) is 11.6 Å². The van der Waals surface area contributed by atoms with E-state index in [1.807, 2.05) is 5.38 Å². The molecule has 1 heterocycles. The topological polar surface area (TPSA) is 38.9 Å². The van der Waals surface area contributed by atoms with Crippen molar-refractivity contribution in [1.29, 1.82) is 0 Å². The third-order valence-corrected chi connectivity index (χ3v) is 2.81. The van der Waals surface area contributed by atoms with Crippen molar-refractivity contribution in [2.45, 2.75) is 12.5 Å². The number of hydrogen-bond acceptors (Lipinski definition) is 3. The number of benzene rings is 1. The lowest BCUT2D eigenvalue weighted by Crippen LogP contribution is -2.13. The maximum absolute atomic E-state index is 12.9. The lowest BCUT2D eigenvalue weighted by atomic mass is 10.0. The monoisotopic (exact) mass is 240 g/mol. The van der Waals surface area contributed by atoms with Crippen LogP contribution < -0.4 is 5.73 Å². The SMILES string of the molecule is NC(Cc1cc(F)cc(F)c1)c1cscn1. The van der Waals surface area contributed by atoms with Gasteiger partial charge in [-0.2, -0.15) is 0 Å². The van der Waals surface area contributed by atoms with Gasteiger partial charge in [-0.1, -0.05) is 0 Å². The normalized spacial score (nSPS) is 12.7. The Morgan fingerprint density at radius 2 is 1.94 bits per heavy atom. The molecule has 1 aromatic heterocycles. The summed E-state index contributed by atoms with van der Waals surface area (Å²) in [5.41, 5.74) is 8.84. The van der Waals surface area contributed by atoms with Crippen LogP contribution in [-0.4, -0.2) is 4.98 Å². The van der Waals surface area contributed by atoms with Crippen LogP contribution >= 0.6 is 11.3 Å². The number of nitrogens with two attached hydrogens (primary N) is 1. The van der Waals surface area contributed by atoms with E-state index in [-0.39, 0.29) is 6.04 Å². The van der Waals surface area contributed by atoms with Gasteiger partial charge in [0.2, 0.25) is 0 Å². The molecule has 2 rings (SSSR count).